The van der Waals surface area contributed by atoms with Crippen LogP contribution in [-0.4, -0.2) is 20.8 Å². The van der Waals surface area contributed by atoms with Crippen LogP contribution in [0, 0.1) is 6.92 Å². The fourth-order valence-corrected chi connectivity index (χ4v) is 2.56. The average Bonchev–Trinajstić information content (AvgIpc) is 2.72. The maximum Gasteiger partial charge on any atom is 0.403 e. The number of hydrogen-bond donors (Lipinski definition) is 0. The van der Waals surface area contributed by atoms with Crippen molar-refractivity contribution in [3.63, 3.8) is 0 Å². The van der Waals surface area contributed by atoms with E-state index >= 15 is 0 Å². The zero-order valence-electron chi connectivity index (χ0n) is 11.0. The summed E-state index contributed by atoms with van der Waals surface area (Å²) in [6.07, 6.45) is -2.36. The van der Waals surface area contributed by atoms with E-state index in [0.717, 1.165) is 10.6 Å². The molecule has 2 rings (SSSR count). The minimum absolute atomic E-state index is 0.000556. The molecule has 1 unspecified atom stereocenters. The second-order valence-corrected chi connectivity index (χ2v) is 4.94. The summed E-state index contributed by atoms with van der Waals surface area (Å²) in [5.41, 5.74) is -1.52. The van der Waals surface area contributed by atoms with Crippen LogP contribution in [0.25, 0.3) is 5.65 Å². The van der Waals surface area contributed by atoms with Crippen molar-refractivity contribution in [2.45, 2.75) is 31.9 Å². The Kier molecular flexibility index (Phi) is 3.54. The molecule has 1 atom stereocenters. The van der Waals surface area contributed by atoms with Gasteiger partial charge in [0.15, 0.2) is 10.8 Å². The van der Waals surface area contributed by atoms with Gasteiger partial charge in [-0.25, -0.2) is 9.50 Å². The highest BCUT2D eigenvalue weighted by Crippen LogP contribution is 2.45. The molecule has 0 radical (unpaired) electrons. The number of hydrogen-bond acceptors (Lipinski definition) is 2. The Morgan fingerprint density at radius 2 is 2.10 bits per heavy atom. The van der Waals surface area contributed by atoms with Gasteiger partial charge in [-0.15, -0.1) is 6.58 Å². The van der Waals surface area contributed by atoms with Crippen LogP contribution in [0.4, 0.5) is 13.2 Å². The van der Waals surface area contributed by atoms with Crippen LogP contribution in [0.5, 0.6) is 0 Å². The molecular weight excluding hydrogens is 291 g/mol. The van der Waals surface area contributed by atoms with Crippen molar-refractivity contribution in [2.75, 3.05) is 0 Å². The van der Waals surface area contributed by atoms with Crippen molar-refractivity contribution < 1.29 is 13.2 Å². The van der Waals surface area contributed by atoms with Gasteiger partial charge in [-0.1, -0.05) is 24.6 Å². The molecule has 0 saturated heterocycles. The van der Waals surface area contributed by atoms with Crippen molar-refractivity contribution in [2.24, 2.45) is 0 Å². The molecule has 0 aliphatic heterocycles. The molecular formula is C13H13ClF3N3. The number of rotatable bonds is 3. The van der Waals surface area contributed by atoms with Crippen LogP contribution < -0.4 is 0 Å². The van der Waals surface area contributed by atoms with E-state index in [1.54, 1.807) is 6.92 Å². The number of aromatic nitrogens is 3. The molecule has 0 aliphatic rings. The van der Waals surface area contributed by atoms with Gasteiger partial charge in [0.25, 0.3) is 0 Å². The standard InChI is InChI=1S/C13H13ClF3N3/c1-4-12(5-2,13(15,16)17)11-8(3)7-18-10-6-9(14)19-20(10)11/h4,6-7H,1,5H2,2-3H3. The molecule has 0 aliphatic carbocycles. The average molecular weight is 304 g/mol. The van der Waals surface area contributed by atoms with Crippen molar-refractivity contribution in [3.8, 4) is 0 Å². The molecule has 3 nitrogen and oxygen atoms in total. The monoisotopic (exact) mass is 303 g/mol. The smallest absolute Gasteiger partial charge is 0.237 e. The Bertz CT molecular complexity index is 663. The summed E-state index contributed by atoms with van der Waals surface area (Å²) >= 11 is 5.78. The number of fused-ring (bicyclic) bond motifs is 1. The highest BCUT2D eigenvalue weighted by atomic mass is 35.5. The van der Waals surface area contributed by atoms with Crippen LogP contribution >= 0.6 is 11.6 Å². The maximum absolute atomic E-state index is 13.6. The highest BCUT2D eigenvalue weighted by Gasteiger charge is 2.54. The summed E-state index contributed by atoms with van der Waals surface area (Å²) in [7, 11) is 0. The molecule has 2 heterocycles. The minimum atomic E-state index is -4.49. The normalized spacial score (nSPS) is 15.3. The molecule has 0 aromatic carbocycles. The Hall–Kier alpha value is -1.56. The molecule has 0 spiro atoms. The van der Waals surface area contributed by atoms with E-state index < -0.39 is 11.6 Å². The maximum atomic E-state index is 13.6. The minimum Gasteiger partial charge on any atom is -0.237 e. The fraction of sp³-hybridized carbons (Fsp3) is 0.385. The van der Waals surface area contributed by atoms with Crippen LogP contribution in [0.15, 0.2) is 24.9 Å². The van der Waals surface area contributed by atoms with Crippen LogP contribution in [0.1, 0.15) is 24.6 Å². The summed E-state index contributed by atoms with van der Waals surface area (Å²) in [5.74, 6) is 0. The number of aryl methyl sites for hydroxylation is 1. The van der Waals surface area contributed by atoms with Crippen molar-refractivity contribution in [3.05, 3.63) is 41.3 Å². The molecule has 0 N–H and O–H groups in total. The van der Waals surface area contributed by atoms with Gasteiger partial charge in [-0.3, -0.25) is 0 Å². The lowest BCUT2D eigenvalue weighted by molar-refractivity contribution is -0.178. The Morgan fingerprint density at radius 3 is 2.60 bits per heavy atom. The fourth-order valence-electron chi connectivity index (χ4n) is 2.39. The lowest BCUT2D eigenvalue weighted by atomic mass is 9.79. The summed E-state index contributed by atoms with van der Waals surface area (Å²) in [6.45, 7) is 6.42. The van der Waals surface area contributed by atoms with Gasteiger partial charge in [0.05, 0.1) is 5.69 Å². The Balaban J connectivity index is 2.90. The van der Waals surface area contributed by atoms with E-state index in [9.17, 15) is 13.2 Å². The van der Waals surface area contributed by atoms with Crippen molar-refractivity contribution >= 4 is 17.2 Å². The first-order valence-corrected chi connectivity index (χ1v) is 6.36. The molecule has 0 amide bonds. The lowest BCUT2D eigenvalue weighted by Gasteiger charge is -2.33. The number of halogens is 4. The molecule has 0 fully saturated rings. The molecule has 0 saturated carbocycles. The van der Waals surface area contributed by atoms with Crippen LogP contribution in [0.2, 0.25) is 5.15 Å². The first-order valence-electron chi connectivity index (χ1n) is 5.98. The number of nitrogens with zero attached hydrogens (tertiary/aromatic N) is 3. The quantitative estimate of drug-likeness (QED) is 0.800. The van der Waals surface area contributed by atoms with Crippen molar-refractivity contribution in [1.82, 2.24) is 14.6 Å². The zero-order valence-corrected chi connectivity index (χ0v) is 11.8. The summed E-state index contributed by atoms with van der Waals surface area (Å²) in [6, 6.07) is 1.42. The Labute approximate surface area is 119 Å². The third kappa shape index (κ3) is 1.98. The van der Waals surface area contributed by atoms with Crippen molar-refractivity contribution in [1.29, 1.82) is 0 Å². The first-order chi connectivity index (χ1) is 9.26. The highest BCUT2D eigenvalue weighted by molar-refractivity contribution is 6.29. The molecule has 2 aromatic heterocycles. The van der Waals surface area contributed by atoms with E-state index in [1.165, 1.54) is 19.2 Å². The molecule has 7 heteroatoms. The molecule has 2 aromatic rings. The van der Waals surface area contributed by atoms with Crippen LogP contribution in [0.3, 0.4) is 0 Å². The predicted molar refractivity (Wildman–Crippen MR) is 71.0 cm³/mol. The topological polar surface area (TPSA) is 30.2 Å². The zero-order chi connectivity index (χ0) is 15.1. The van der Waals surface area contributed by atoms with E-state index in [1.807, 2.05) is 0 Å². The van der Waals surface area contributed by atoms with Crippen LogP contribution in [-0.2, 0) is 5.41 Å². The number of allylic oxidation sites excluding steroid dienone is 1. The SMILES string of the molecule is C=CC(CC)(c1c(C)cnc2cc(Cl)nn12)C(F)(F)F. The van der Waals surface area contributed by atoms with Gasteiger partial charge in [0.2, 0.25) is 0 Å². The Morgan fingerprint density at radius 1 is 1.45 bits per heavy atom. The van der Waals surface area contributed by atoms with Gasteiger partial charge in [-0.2, -0.15) is 18.3 Å². The summed E-state index contributed by atoms with van der Waals surface area (Å²) in [4.78, 5) is 4.04. The van der Waals surface area contributed by atoms with E-state index in [2.05, 4.69) is 16.7 Å². The molecule has 20 heavy (non-hydrogen) atoms. The summed E-state index contributed by atoms with van der Waals surface area (Å²) < 4.78 is 42.0. The van der Waals surface area contributed by atoms with Gasteiger partial charge < -0.3 is 0 Å². The van der Waals surface area contributed by atoms with E-state index in [-0.39, 0.29) is 22.9 Å². The summed E-state index contributed by atoms with van der Waals surface area (Å²) in [5, 5.41) is 4.02. The van der Waals surface area contributed by atoms with Gasteiger partial charge in [-0.05, 0) is 18.9 Å². The molecule has 108 valence electrons. The van der Waals surface area contributed by atoms with E-state index in [4.69, 9.17) is 11.6 Å². The van der Waals surface area contributed by atoms with Gasteiger partial charge in [0, 0.05) is 12.3 Å². The number of alkyl halides is 3. The lowest BCUT2D eigenvalue weighted by Crippen LogP contribution is -2.42. The van der Waals surface area contributed by atoms with E-state index in [0.29, 0.717) is 5.56 Å². The molecule has 0 bridgehead atoms. The van der Waals surface area contributed by atoms with Gasteiger partial charge in [0.1, 0.15) is 5.41 Å². The third-order valence-corrected chi connectivity index (χ3v) is 3.66. The predicted octanol–water partition coefficient (Wildman–Crippen LogP) is 4.09. The second-order valence-electron chi connectivity index (χ2n) is 4.55. The second kappa shape index (κ2) is 4.77. The van der Waals surface area contributed by atoms with Gasteiger partial charge >= 0.3 is 6.18 Å². The first kappa shape index (κ1) is 14.8. The largest absolute Gasteiger partial charge is 0.403 e. The third-order valence-electron chi connectivity index (χ3n) is 3.47.